The lowest BCUT2D eigenvalue weighted by atomic mass is 10.2. The van der Waals surface area contributed by atoms with Gasteiger partial charge >= 0.3 is 0 Å². The molecule has 0 radical (unpaired) electrons. The van der Waals surface area contributed by atoms with Crippen LogP contribution in [0.3, 0.4) is 0 Å². The maximum Gasteiger partial charge on any atom is 0.283 e. The molecule has 0 aliphatic carbocycles. The highest BCUT2D eigenvalue weighted by Crippen LogP contribution is 2.37. The molecule has 1 saturated heterocycles. The van der Waals surface area contributed by atoms with Crippen LogP contribution in [0.4, 0.5) is 5.82 Å². The molecule has 2 aromatic heterocycles. The second kappa shape index (κ2) is 11.2. The first kappa shape index (κ1) is 24.5. The van der Waals surface area contributed by atoms with Crippen molar-refractivity contribution in [3.05, 3.63) is 35.7 Å². The summed E-state index contributed by atoms with van der Waals surface area (Å²) in [5.41, 5.74) is 1.19. The number of morpholine rings is 1. The van der Waals surface area contributed by atoms with Crippen molar-refractivity contribution >= 4 is 34.4 Å². The van der Waals surface area contributed by atoms with Gasteiger partial charge in [-0.1, -0.05) is 11.8 Å². The molecule has 0 spiro atoms. The number of methoxy groups -OCH3 is 1. The molecule has 1 fully saturated rings. The number of fused-ring (bicyclic) bond motifs is 3. The van der Waals surface area contributed by atoms with Gasteiger partial charge in [-0.25, -0.2) is 15.0 Å². The van der Waals surface area contributed by atoms with Gasteiger partial charge in [-0.2, -0.15) is 4.99 Å². The monoisotopic (exact) mass is 511 g/mol. The van der Waals surface area contributed by atoms with E-state index in [1.165, 1.54) is 24.2 Å². The molecule has 0 bridgehead atoms. The van der Waals surface area contributed by atoms with Crippen LogP contribution in [0.25, 0.3) is 10.9 Å². The Balaban J connectivity index is 1.43. The molecular formula is C24H29N7O4S. The third kappa shape index (κ3) is 5.15. The highest BCUT2D eigenvalue weighted by Gasteiger charge is 2.21. The third-order valence-electron chi connectivity index (χ3n) is 6.14. The number of aromatic nitrogens is 4. The summed E-state index contributed by atoms with van der Waals surface area (Å²) in [4.78, 5) is 32.7. The number of carbonyl (C=O) groups is 1. The Morgan fingerprint density at radius 3 is 2.78 bits per heavy atom. The molecular weight excluding hydrogens is 482 g/mol. The number of nitrogens with one attached hydrogen (secondary N) is 1. The Bertz CT molecular complexity index is 1310. The zero-order valence-electron chi connectivity index (χ0n) is 20.4. The lowest BCUT2D eigenvalue weighted by Crippen LogP contribution is -2.37. The first-order valence-corrected chi connectivity index (χ1v) is 13.1. The molecule has 0 saturated carbocycles. The second-order valence-electron chi connectivity index (χ2n) is 8.36. The number of ether oxygens (including phenoxy) is 3. The minimum Gasteiger partial charge on any atom is -0.491 e. The van der Waals surface area contributed by atoms with Gasteiger partial charge in [0, 0.05) is 50.5 Å². The summed E-state index contributed by atoms with van der Waals surface area (Å²) in [6.45, 7) is 6.35. The molecule has 2 aliphatic heterocycles. The maximum absolute atomic E-state index is 12.9. The van der Waals surface area contributed by atoms with E-state index in [-0.39, 0.29) is 0 Å². The normalized spacial score (nSPS) is 16.1. The van der Waals surface area contributed by atoms with E-state index in [9.17, 15) is 4.79 Å². The summed E-state index contributed by atoms with van der Waals surface area (Å²) in [5.74, 6) is 1.52. The van der Waals surface area contributed by atoms with Gasteiger partial charge in [0.15, 0.2) is 16.7 Å². The van der Waals surface area contributed by atoms with E-state index in [0.717, 1.165) is 50.5 Å². The Labute approximate surface area is 212 Å². The van der Waals surface area contributed by atoms with Crippen molar-refractivity contribution in [1.82, 2.24) is 24.4 Å². The molecule has 0 unspecified atom stereocenters. The quantitative estimate of drug-likeness (QED) is 0.273. The average molecular weight is 512 g/mol. The van der Waals surface area contributed by atoms with Crippen molar-refractivity contribution in [3.8, 4) is 11.5 Å². The third-order valence-corrected chi connectivity index (χ3v) is 6.72. The van der Waals surface area contributed by atoms with Crippen molar-refractivity contribution in [3.63, 3.8) is 0 Å². The van der Waals surface area contributed by atoms with Crippen LogP contribution in [0, 0.1) is 0 Å². The minimum atomic E-state index is -0.453. The number of rotatable bonds is 8. The predicted octanol–water partition coefficient (Wildman–Crippen LogP) is 1.82. The van der Waals surface area contributed by atoms with Crippen LogP contribution in [-0.4, -0.2) is 89.7 Å². The Hall–Kier alpha value is -3.22. The number of hydrogen-bond acceptors (Lipinski definition) is 10. The van der Waals surface area contributed by atoms with Crippen LogP contribution in [0.5, 0.6) is 11.5 Å². The van der Waals surface area contributed by atoms with Crippen molar-refractivity contribution in [2.24, 2.45) is 4.99 Å². The molecule has 3 aromatic rings. The summed E-state index contributed by atoms with van der Waals surface area (Å²) < 4.78 is 19.1. The fourth-order valence-corrected chi connectivity index (χ4v) is 4.64. The van der Waals surface area contributed by atoms with Crippen LogP contribution in [0.2, 0.25) is 0 Å². The Morgan fingerprint density at radius 1 is 1.22 bits per heavy atom. The predicted molar refractivity (Wildman–Crippen MR) is 136 cm³/mol. The zero-order chi connectivity index (χ0) is 24.9. The molecule has 12 heteroatoms. The first-order chi connectivity index (χ1) is 17.7. The average Bonchev–Trinajstić information content (AvgIpc) is 3.42. The first-order valence-electron chi connectivity index (χ1n) is 11.9. The summed E-state index contributed by atoms with van der Waals surface area (Å²) in [6.07, 6.45) is 5.74. The maximum atomic E-state index is 12.9. The Kier molecular flexibility index (Phi) is 7.63. The van der Waals surface area contributed by atoms with Gasteiger partial charge < -0.3 is 19.5 Å². The van der Waals surface area contributed by atoms with E-state index in [0.29, 0.717) is 53.1 Å². The van der Waals surface area contributed by atoms with Gasteiger partial charge in [0.05, 0.1) is 32.5 Å². The number of thioether (sulfide) groups is 1. The fraction of sp³-hybridized carbons (Fsp3) is 0.458. The van der Waals surface area contributed by atoms with Crippen LogP contribution in [0.15, 0.2) is 34.7 Å². The second-order valence-corrected chi connectivity index (χ2v) is 9.14. The van der Waals surface area contributed by atoms with E-state index in [1.807, 2.05) is 23.0 Å². The molecule has 1 N–H and O–H groups in total. The number of amides is 1. The van der Waals surface area contributed by atoms with Gasteiger partial charge in [0.25, 0.3) is 5.91 Å². The van der Waals surface area contributed by atoms with Crippen LogP contribution in [0.1, 0.15) is 16.8 Å². The van der Waals surface area contributed by atoms with Crippen LogP contribution >= 0.6 is 11.8 Å². The van der Waals surface area contributed by atoms with Gasteiger partial charge in [-0.15, -0.1) is 0 Å². The lowest BCUT2D eigenvalue weighted by molar-refractivity contribution is 0.0357. The smallest absolute Gasteiger partial charge is 0.283 e. The van der Waals surface area contributed by atoms with E-state index in [2.05, 4.69) is 25.2 Å². The van der Waals surface area contributed by atoms with Crippen molar-refractivity contribution in [2.45, 2.75) is 18.1 Å². The molecule has 1 amide bonds. The van der Waals surface area contributed by atoms with E-state index < -0.39 is 5.91 Å². The number of hydrogen-bond donors (Lipinski definition) is 1. The molecule has 36 heavy (non-hydrogen) atoms. The van der Waals surface area contributed by atoms with Gasteiger partial charge in [0.1, 0.15) is 11.3 Å². The Morgan fingerprint density at radius 2 is 2.03 bits per heavy atom. The van der Waals surface area contributed by atoms with Crippen molar-refractivity contribution < 1.29 is 19.0 Å². The van der Waals surface area contributed by atoms with Crippen molar-refractivity contribution in [2.75, 3.05) is 64.7 Å². The summed E-state index contributed by atoms with van der Waals surface area (Å²) in [7, 11) is 1.59. The zero-order valence-corrected chi connectivity index (χ0v) is 21.2. The molecule has 11 nitrogen and oxygen atoms in total. The molecule has 4 heterocycles. The SMILES string of the molecule is COc1c(OCCCN2CCOCC2)ccc2c3n(c(=NC(=O)c4cnc(SC)nc4)nc12)CCN3. The molecule has 190 valence electrons. The largest absolute Gasteiger partial charge is 0.491 e. The summed E-state index contributed by atoms with van der Waals surface area (Å²) in [5, 5.41) is 4.86. The van der Waals surface area contributed by atoms with E-state index >= 15 is 0 Å². The number of nitrogens with zero attached hydrogens (tertiary/aromatic N) is 6. The molecule has 5 rings (SSSR count). The molecule has 0 atom stereocenters. The number of anilines is 1. The highest BCUT2D eigenvalue weighted by atomic mass is 32.2. The minimum absolute atomic E-state index is 0.296. The summed E-state index contributed by atoms with van der Waals surface area (Å²) in [6, 6.07) is 3.87. The topological polar surface area (TPSA) is 116 Å². The van der Waals surface area contributed by atoms with E-state index in [4.69, 9.17) is 19.2 Å². The number of carbonyl (C=O) groups excluding carboxylic acids is 1. The van der Waals surface area contributed by atoms with Gasteiger partial charge in [-0.05, 0) is 24.8 Å². The number of benzene rings is 1. The lowest BCUT2D eigenvalue weighted by Gasteiger charge is -2.26. The van der Waals surface area contributed by atoms with E-state index in [1.54, 1.807) is 7.11 Å². The van der Waals surface area contributed by atoms with Crippen molar-refractivity contribution in [1.29, 1.82) is 0 Å². The van der Waals surface area contributed by atoms with Crippen LogP contribution in [-0.2, 0) is 11.3 Å². The summed E-state index contributed by atoms with van der Waals surface area (Å²) >= 11 is 1.41. The standard InChI is InChI=1S/C24H29N7O4S/c1-33-20-18(35-11-3-7-30-9-12-34-13-10-30)5-4-17-19(20)28-23(31-8-6-25-21(17)31)29-22(32)16-14-26-24(36-2)27-15-16/h4-5,14-15,25H,3,6-13H2,1-2H3. The van der Waals surface area contributed by atoms with Crippen LogP contribution < -0.4 is 20.4 Å². The molecule has 2 aliphatic rings. The molecule has 1 aromatic carbocycles. The van der Waals surface area contributed by atoms with Gasteiger partial charge in [-0.3, -0.25) is 14.3 Å². The fourth-order valence-electron chi connectivity index (χ4n) is 4.33. The highest BCUT2D eigenvalue weighted by molar-refractivity contribution is 7.98. The van der Waals surface area contributed by atoms with Gasteiger partial charge in [0.2, 0.25) is 5.62 Å².